The van der Waals surface area contributed by atoms with E-state index in [-0.39, 0.29) is 23.0 Å². The van der Waals surface area contributed by atoms with Crippen LogP contribution in [0.15, 0.2) is 59.1 Å². The van der Waals surface area contributed by atoms with E-state index in [1.54, 1.807) is 30.7 Å². The van der Waals surface area contributed by atoms with E-state index in [0.29, 0.717) is 24.6 Å². The summed E-state index contributed by atoms with van der Waals surface area (Å²) < 4.78 is 46.6. The number of rotatable bonds is 6. The third-order valence-electron chi connectivity index (χ3n) is 4.23. The summed E-state index contributed by atoms with van der Waals surface area (Å²) in [5.41, 5.74) is 4.71. The van der Waals surface area contributed by atoms with Crippen molar-refractivity contribution in [1.82, 2.24) is 19.5 Å². The number of primary amides is 1. The van der Waals surface area contributed by atoms with Crippen LogP contribution in [0.3, 0.4) is 0 Å². The predicted octanol–water partition coefficient (Wildman–Crippen LogP) is 3.56. The van der Waals surface area contributed by atoms with Gasteiger partial charge < -0.3 is 20.4 Å². The van der Waals surface area contributed by atoms with Crippen LogP contribution in [0.25, 0.3) is 5.57 Å². The first-order valence-corrected chi connectivity index (χ1v) is 9.75. The number of hydrogen-bond donors (Lipinski definition) is 2. The zero-order chi connectivity index (χ0) is 22.0. The number of ether oxygens (including phenoxy) is 1. The van der Waals surface area contributed by atoms with Gasteiger partial charge in [-0.2, -0.15) is 13.2 Å². The van der Waals surface area contributed by atoms with Gasteiger partial charge in [-0.05, 0) is 24.3 Å². The number of imidazole rings is 1. The average molecular weight is 485 g/mol. The van der Waals surface area contributed by atoms with Gasteiger partial charge in [-0.1, -0.05) is 11.8 Å². The minimum Gasteiger partial charge on any atom is -0.492 e. The normalized spacial score (nSPS) is 14.2. The van der Waals surface area contributed by atoms with Crippen molar-refractivity contribution in [1.29, 1.82) is 0 Å². The quantitative estimate of drug-likeness (QED) is 0.515. The molecule has 1 aliphatic rings. The van der Waals surface area contributed by atoms with Gasteiger partial charge in [-0.3, -0.25) is 4.79 Å². The molecule has 8 nitrogen and oxygen atoms in total. The number of hydrogen-bond acceptors (Lipinski definition) is 7. The smallest absolute Gasteiger partial charge is 0.433 e. The number of nitrogens with two attached hydrogens (primary N) is 1. The first-order valence-electron chi connectivity index (χ1n) is 8.93. The molecule has 0 bridgehead atoms. The molecule has 3 heterocycles. The lowest BCUT2D eigenvalue weighted by Gasteiger charge is -2.09. The molecule has 0 aliphatic carbocycles. The van der Waals surface area contributed by atoms with Crippen molar-refractivity contribution in [2.24, 2.45) is 5.73 Å². The van der Waals surface area contributed by atoms with Crippen molar-refractivity contribution in [3.63, 3.8) is 0 Å². The third-order valence-corrected chi connectivity index (χ3v) is 5.30. The highest BCUT2D eigenvalue weighted by Crippen LogP contribution is 2.45. The van der Waals surface area contributed by atoms with E-state index >= 15 is 0 Å². The predicted molar refractivity (Wildman–Crippen MR) is 114 cm³/mol. The Morgan fingerprint density at radius 3 is 2.75 bits per heavy atom. The molecule has 1 amide bonds. The van der Waals surface area contributed by atoms with Crippen molar-refractivity contribution in [2.75, 3.05) is 11.9 Å². The molecule has 2 aromatic heterocycles. The Labute approximate surface area is 190 Å². The highest BCUT2D eigenvalue weighted by atomic mass is 35.5. The summed E-state index contributed by atoms with van der Waals surface area (Å²) in [6.07, 6.45) is 1.45. The highest BCUT2D eigenvalue weighted by molar-refractivity contribution is 8.04. The number of aromatic nitrogens is 4. The van der Waals surface area contributed by atoms with Crippen molar-refractivity contribution in [3.05, 3.63) is 65.7 Å². The number of halogens is 4. The number of anilines is 1. The number of carbonyl (C=O) groups excluding carboxylic acids is 1. The van der Waals surface area contributed by atoms with E-state index in [2.05, 4.69) is 20.3 Å². The van der Waals surface area contributed by atoms with E-state index in [9.17, 15) is 18.0 Å². The van der Waals surface area contributed by atoms with Crippen molar-refractivity contribution < 1.29 is 22.7 Å². The van der Waals surface area contributed by atoms with Gasteiger partial charge in [0.05, 0.1) is 23.6 Å². The SMILES string of the molecule is Cl.NC(=O)C(=C1Nc2ccc(OCCn3ccnc3)cc2S1)c1nccc(C(F)(F)F)n1. The fraction of sp³-hybridized carbons (Fsp3) is 0.158. The fourth-order valence-electron chi connectivity index (χ4n) is 2.80. The Morgan fingerprint density at radius 1 is 1.25 bits per heavy atom. The van der Waals surface area contributed by atoms with Gasteiger partial charge in [0, 0.05) is 23.5 Å². The maximum atomic E-state index is 13.0. The molecule has 168 valence electrons. The molecule has 4 rings (SSSR count). The summed E-state index contributed by atoms with van der Waals surface area (Å²) in [6.45, 7) is 1.03. The molecule has 0 spiro atoms. The standard InChI is InChI=1S/C19H15F3N6O2S.ClH/c20-19(21,22)14-3-4-25-17(27-14)15(16(23)29)18-26-12-2-1-11(9-13(12)31-18)30-8-7-28-6-5-24-10-28;/h1-6,9-10,26H,7-8H2,(H2,23,29);1H. The van der Waals surface area contributed by atoms with Crippen molar-refractivity contribution >= 4 is 41.3 Å². The minimum absolute atomic E-state index is 0. The van der Waals surface area contributed by atoms with Crippen LogP contribution >= 0.6 is 24.2 Å². The van der Waals surface area contributed by atoms with Gasteiger partial charge >= 0.3 is 6.18 Å². The molecular formula is C19H16ClF3N6O2S. The topological polar surface area (TPSA) is 108 Å². The van der Waals surface area contributed by atoms with Crippen molar-refractivity contribution in [3.8, 4) is 5.75 Å². The van der Waals surface area contributed by atoms with E-state index < -0.39 is 23.6 Å². The maximum absolute atomic E-state index is 13.0. The molecule has 0 saturated heterocycles. The second kappa shape index (κ2) is 9.49. The minimum atomic E-state index is -4.67. The van der Waals surface area contributed by atoms with Gasteiger partial charge in [0.15, 0.2) is 5.82 Å². The average Bonchev–Trinajstić information content (AvgIpc) is 3.37. The lowest BCUT2D eigenvalue weighted by atomic mass is 10.2. The molecule has 32 heavy (non-hydrogen) atoms. The number of alkyl halides is 3. The number of fused-ring (bicyclic) bond motifs is 1. The van der Waals surface area contributed by atoms with Gasteiger partial charge in [0.2, 0.25) is 0 Å². The van der Waals surface area contributed by atoms with Crippen LogP contribution in [0.5, 0.6) is 5.75 Å². The summed E-state index contributed by atoms with van der Waals surface area (Å²) in [7, 11) is 0. The number of thioether (sulfide) groups is 1. The van der Waals surface area contributed by atoms with E-state index in [1.807, 2.05) is 10.8 Å². The molecule has 1 aliphatic heterocycles. The number of nitrogens with one attached hydrogen (secondary N) is 1. The Hall–Kier alpha value is -3.25. The summed E-state index contributed by atoms with van der Waals surface area (Å²) in [5, 5.41) is 3.24. The van der Waals surface area contributed by atoms with Crippen LogP contribution in [-0.4, -0.2) is 32.0 Å². The number of benzene rings is 1. The molecular weight excluding hydrogens is 469 g/mol. The van der Waals surface area contributed by atoms with Gasteiger partial charge in [-0.25, -0.2) is 15.0 Å². The van der Waals surface area contributed by atoms with Crippen LogP contribution in [0, 0.1) is 0 Å². The van der Waals surface area contributed by atoms with Crippen LogP contribution in [0.2, 0.25) is 0 Å². The first-order chi connectivity index (χ1) is 14.8. The summed E-state index contributed by atoms with van der Waals surface area (Å²) in [6, 6.07) is 5.98. The molecule has 1 aromatic carbocycles. The van der Waals surface area contributed by atoms with E-state index in [0.717, 1.165) is 28.9 Å². The Kier molecular flexibility index (Phi) is 6.94. The van der Waals surface area contributed by atoms with Crippen LogP contribution in [-0.2, 0) is 17.5 Å². The van der Waals surface area contributed by atoms with Gasteiger partial charge in [0.25, 0.3) is 5.91 Å². The number of amides is 1. The van der Waals surface area contributed by atoms with E-state index in [4.69, 9.17) is 10.5 Å². The largest absolute Gasteiger partial charge is 0.492 e. The van der Waals surface area contributed by atoms with Crippen LogP contribution in [0.1, 0.15) is 11.5 Å². The molecule has 0 atom stereocenters. The summed E-state index contributed by atoms with van der Waals surface area (Å²) >= 11 is 1.14. The number of nitrogens with zero attached hydrogens (tertiary/aromatic N) is 4. The van der Waals surface area contributed by atoms with Gasteiger partial charge in [-0.15, -0.1) is 12.4 Å². The van der Waals surface area contributed by atoms with Crippen LogP contribution < -0.4 is 15.8 Å². The van der Waals surface area contributed by atoms with Crippen molar-refractivity contribution in [2.45, 2.75) is 17.6 Å². The summed E-state index contributed by atoms with van der Waals surface area (Å²) in [4.78, 5) is 24.0. The molecule has 0 radical (unpaired) electrons. The van der Waals surface area contributed by atoms with Gasteiger partial charge in [0.1, 0.15) is 23.6 Å². The maximum Gasteiger partial charge on any atom is 0.433 e. The third kappa shape index (κ3) is 5.14. The Morgan fingerprint density at radius 2 is 2.06 bits per heavy atom. The first kappa shape index (κ1) is 23.4. The molecule has 0 unspecified atom stereocenters. The Balaban J connectivity index is 0.00000289. The Bertz CT molecular complexity index is 1150. The van der Waals surface area contributed by atoms with E-state index in [1.165, 1.54) is 0 Å². The molecule has 3 aromatic rings. The zero-order valence-electron chi connectivity index (χ0n) is 16.2. The second-order valence-corrected chi connectivity index (χ2v) is 7.42. The fourth-order valence-corrected chi connectivity index (χ4v) is 3.88. The molecule has 0 fully saturated rings. The summed E-state index contributed by atoms with van der Waals surface area (Å²) in [5.74, 6) is -0.744. The second-order valence-electron chi connectivity index (χ2n) is 6.37. The lowest BCUT2D eigenvalue weighted by molar-refractivity contribution is -0.141. The molecule has 13 heteroatoms. The zero-order valence-corrected chi connectivity index (χ0v) is 17.8. The van der Waals surface area contributed by atoms with Crippen LogP contribution in [0.4, 0.5) is 18.9 Å². The monoisotopic (exact) mass is 484 g/mol. The molecule has 0 saturated carbocycles. The molecule has 3 N–H and O–H groups in total. The number of carbonyl (C=O) groups is 1. The highest BCUT2D eigenvalue weighted by Gasteiger charge is 2.34. The lowest BCUT2D eigenvalue weighted by Crippen LogP contribution is -2.19.